The molecule has 0 radical (unpaired) electrons. The molecule has 0 aliphatic carbocycles. The Hall–Kier alpha value is -4.01. The van der Waals surface area contributed by atoms with Crippen molar-refractivity contribution in [3.05, 3.63) is 64.2 Å². The lowest BCUT2D eigenvalue weighted by molar-refractivity contribution is -0.384. The topological polar surface area (TPSA) is 112 Å². The average molecular weight is 419 g/mol. The van der Waals surface area contributed by atoms with Crippen molar-refractivity contribution in [3.8, 4) is 5.75 Å². The van der Waals surface area contributed by atoms with E-state index in [9.17, 15) is 14.9 Å². The predicted octanol–water partition coefficient (Wildman–Crippen LogP) is 4.55. The Balaban J connectivity index is 1.78. The smallest absolute Gasteiger partial charge is 0.270 e. The van der Waals surface area contributed by atoms with Crippen LogP contribution >= 0.6 is 0 Å². The number of nitrogens with zero attached hydrogens (tertiary/aromatic N) is 4. The van der Waals surface area contributed by atoms with Crippen LogP contribution in [0, 0.1) is 10.1 Å². The minimum absolute atomic E-state index is 0.147. The van der Waals surface area contributed by atoms with Gasteiger partial charge in [0.05, 0.1) is 22.9 Å². The molecule has 4 aromatic rings. The van der Waals surface area contributed by atoms with E-state index < -0.39 is 10.8 Å². The molecule has 0 aliphatic heterocycles. The molecule has 0 spiro atoms. The van der Waals surface area contributed by atoms with Crippen LogP contribution in [0.5, 0.6) is 5.75 Å². The van der Waals surface area contributed by atoms with Crippen LogP contribution in [0.4, 0.5) is 11.5 Å². The number of non-ortho nitro benzene ring substituents is 1. The van der Waals surface area contributed by atoms with Crippen molar-refractivity contribution < 1.29 is 14.5 Å². The fourth-order valence-corrected chi connectivity index (χ4v) is 3.36. The van der Waals surface area contributed by atoms with Gasteiger partial charge in [-0.25, -0.2) is 9.67 Å². The van der Waals surface area contributed by atoms with Gasteiger partial charge >= 0.3 is 0 Å². The predicted molar refractivity (Wildman–Crippen MR) is 118 cm³/mol. The molecule has 0 atom stereocenters. The molecular formula is C22H21N5O4. The van der Waals surface area contributed by atoms with E-state index in [1.54, 1.807) is 11.8 Å². The van der Waals surface area contributed by atoms with Gasteiger partial charge in [-0.3, -0.25) is 14.9 Å². The number of anilines is 1. The highest BCUT2D eigenvalue weighted by Gasteiger charge is 2.18. The number of carbonyl (C=O) groups excluding carboxylic acids is 1. The van der Waals surface area contributed by atoms with E-state index in [-0.39, 0.29) is 11.3 Å². The summed E-state index contributed by atoms with van der Waals surface area (Å²) >= 11 is 0. The first-order chi connectivity index (χ1) is 15.0. The zero-order chi connectivity index (χ0) is 22.0. The lowest BCUT2D eigenvalue weighted by atomic mass is 10.1. The van der Waals surface area contributed by atoms with Crippen LogP contribution in [0.25, 0.3) is 21.9 Å². The SMILES string of the molecule is CCCCn1nc(NC(=O)c2cccc([N+](=O)[O-])c2)c2cc3cc(OC)ccc3nc21. The third-order valence-electron chi connectivity index (χ3n) is 5.00. The van der Waals surface area contributed by atoms with Crippen LogP contribution < -0.4 is 10.1 Å². The Morgan fingerprint density at radius 3 is 2.81 bits per heavy atom. The molecule has 158 valence electrons. The molecule has 0 saturated heterocycles. The van der Waals surface area contributed by atoms with E-state index in [2.05, 4.69) is 17.3 Å². The van der Waals surface area contributed by atoms with E-state index in [1.807, 2.05) is 24.3 Å². The second-order valence-electron chi connectivity index (χ2n) is 7.11. The second kappa shape index (κ2) is 8.39. The van der Waals surface area contributed by atoms with Crippen molar-refractivity contribution in [1.29, 1.82) is 0 Å². The van der Waals surface area contributed by atoms with Crippen LogP contribution in [0.15, 0.2) is 48.5 Å². The number of nitro groups is 1. The fourth-order valence-electron chi connectivity index (χ4n) is 3.36. The highest BCUT2D eigenvalue weighted by molar-refractivity contribution is 6.09. The summed E-state index contributed by atoms with van der Waals surface area (Å²) in [7, 11) is 1.60. The van der Waals surface area contributed by atoms with Crippen LogP contribution in [0.3, 0.4) is 0 Å². The Labute approximate surface area is 177 Å². The molecule has 9 nitrogen and oxygen atoms in total. The zero-order valence-electron chi connectivity index (χ0n) is 17.2. The number of unbranched alkanes of at least 4 members (excludes halogenated alkanes) is 1. The Morgan fingerprint density at radius 1 is 1.23 bits per heavy atom. The number of ether oxygens (including phenoxy) is 1. The molecule has 9 heteroatoms. The number of hydrogen-bond acceptors (Lipinski definition) is 6. The number of methoxy groups -OCH3 is 1. The van der Waals surface area contributed by atoms with Crippen molar-refractivity contribution in [3.63, 3.8) is 0 Å². The zero-order valence-corrected chi connectivity index (χ0v) is 17.2. The fraction of sp³-hybridized carbons (Fsp3) is 0.227. The lowest BCUT2D eigenvalue weighted by Crippen LogP contribution is -2.13. The maximum absolute atomic E-state index is 12.8. The first-order valence-electron chi connectivity index (χ1n) is 9.91. The van der Waals surface area contributed by atoms with Gasteiger partial charge in [0.15, 0.2) is 11.5 Å². The number of aryl methyl sites for hydroxylation is 1. The molecule has 2 heterocycles. The summed E-state index contributed by atoms with van der Waals surface area (Å²) in [4.78, 5) is 28.0. The largest absolute Gasteiger partial charge is 0.497 e. The molecule has 2 aromatic heterocycles. The maximum atomic E-state index is 12.8. The summed E-state index contributed by atoms with van der Waals surface area (Å²) in [6.45, 7) is 2.75. The summed E-state index contributed by atoms with van der Waals surface area (Å²) in [5.74, 6) is 0.588. The van der Waals surface area contributed by atoms with Gasteiger partial charge in [-0.05, 0) is 36.8 Å². The minimum atomic E-state index is -0.533. The summed E-state index contributed by atoms with van der Waals surface area (Å²) in [5.41, 5.74) is 1.49. The third kappa shape index (κ3) is 4.02. The monoisotopic (exact) mass is 419 g/mol. The molecule has 0 aliphatic rings. The number of nitrogens with one attached hydrogen (secondary N) is 1. The van der Waals surface area contributed by atoms with Crippen LogP contribution in [-0.4, -0.2) is 32.7 Å². The van der Waals surface area contributed by atoms with Gasteiger partial charge in [0.25, 0.3) is 11.6 Å². The number of amides is 1. The highest BCUT2D eigenvalue weighted by Crippen LogP contribution is 2.29. The Kier molecular flexibility index (Phi) is 5.48. The van der Waals surface area contributed by atoms with Crippen LogP contribution in [0.1, 0.15) is 30.1 Å². The van der Waals surface area contributed by atoms with Crippen molar-refractivity contribution >= 4 is 39.3 Å². The van der Waals surface area contributed by atoms with Crippen LogP contribution in [-0.2, 0) is 6.54 Å². The van der Waals surface area contributed by atoms with E-state index >= 15 is 0 Å². The molecule has 1 amide bonds. The molecule has 0 saturated carbocycles. The van der Waals surface area contributed by atoms with Crippen molar-refractivity contribution in [2.45, 2.75) is 26.3 Å². The lowest BCUT2D eigenvalue weighted by Gasteiger charge is -2.05. The number of rotatable bonds is 7. The Morgan fingerprint density at radius 2 is 2.06 bits per heavy atom. The first kappa shape index (κ1) is 20.3. The summed E-state index contributed by atoms with van der Waals surface area (Å²) < 4.78 is 7.09. The van der Waals surface area contributed by atoms with E-state index in [0.29, 0.717) is 29.1 Å². The molecule has 31 heavy (non-hydrogen) atoms. The molecule has 0 bridgehead atoms. The summed E-state index contributed by atoms with van der Waals surface area (Å²) in [6.07, 6.45) is 1.90. The van der Waals surface area contributed by atoms with Crippen molar-refractivity contribution in [1.82, 2.24) is 14.8 Å². The number of aromatic nitrogens is 3. The minimum Gasteiger partial charge on any atom is -0.497 e. The van der Waals surface area contributed by atoms with Crippen LogP contribution in [0.2, 0.25) is 0 Å². The number of carbonyl (C=O) groups is 1. The Bertz CT molecular complexity index is 1300. The van der Waals surface area contributed by atoms with Crippen molar-refractivity contribution in [2.24, 2.45) is 0 Å². The first-order valence-corrected chi connectivity index (χ1v) is 9.91. The molecule has 1 N–H and O–H groups in total. The molecule has 4 rings (SSSR count). The average Bonchev–Trinajstić information content (AvgIpc) is 3.11. The third-order valence-corrected chi connectivity index (χ3v) is 5.00. The van der Waals surface area contributed by atoms with E-state index in [1.165, 1.54) is 24.3 Å². The summed E-state index contributed by atoms with van der Waals surface area (Å²) in [6, 6.07) is 13.1. The highest BCUT2D eigenvalue weighted by atomic mass is 16.6. The van der Waals surface area contributed by atoms with Gasteiger partial charge in [0, 0.05) is 29.6 Å². The van der Waals surface area contributed by atoms with Crippen molar-refractivity contribution in [2.75, 3.05) is 12.4 Å². The second-order valence-corrected chi connectivity index (χ2v) is 7.11. The van der Waals surface area contributed by atoms with Gasteiger partial charge in [-0.1, -0.05) is 19.4 Å². The molecule has 0 unspecified atom stereocenters. The maximum Gasteiger partial charge on any atom is 0.270 e. The quantitative estimate of drug-likeness (QED) is 0.347. The van der Waals surface area contributed by atoms with Gasteiger partial charge in [0.1, 0.15) is 5.75 Å². The number of pyridine rings is 1. The molecule has 2 aromatic carbocycles. The van der Waals surface area contributed by atoms with E-state index in [0.717, 1.165) is 23.7 Å². The summed E-state index contributed by atoms with van der Waals surface area (Å²) in [5, 5.41) is 19.9. The number of hydrogen-bond donors (Lipinski definition) is 1. The van der Waals surface area contributed by atoms with Gasteiger partial charge in [0.2, 0.25) is 0 Å². The number of fused-ring (bicyclic) bond motifs is 2. The number of nitro benzene ring substituents is 1. The van der Waals surface area contributed by atoms with E-state index in [4.69, 9.17) is 9.72 Å². The normalized spacial score (nSPS) is 11.0. The molecule has 0 fully saturated rings. The standard InChI is InChI=1S/C22H21N5O4/c1-3-4-10-26-21-18(13-15-12-17(31-2)8-9-19(15)23-21)20(25-26)24-22(28)14-6-5-7-16(11-14)27(29)30/h5-9,11-13H,3-4,10H2,1-2H3,(H,24,25,28). The number of benzene rings is 2. The van der Waals surface area contributed by atoms with Gasteiger partial charge < -0.3 is 10.1 Å². The van der Waals surface area contributed by atoms with Gasteiger partial charge in [-0.2, -0.15) is 5.10 Å². The van der Waals surface area contributed by atoms with Gasteiger partial charge in [-0.15, -0.1) is 0 Å². The molecular weight excluding hydrogens is 398 g/mol.